The molecule has 0 unspecified atom stereocenters. The van der Waals surface area contributed by atoms with Crippen molar-refractivity contribution in [3.05, 3.63) is 12.3 Å². The Morgan fingerprint density at radius 2 is 2.62 bits per heavy atom. The first-order valence-electron chi connectivity index (χ1n) is 2.32. The van der Waals surface area contributed by atoms with E-state index in [2.05, 4.69) is 10.1 Å². The van der Waals surface area contributed by atoms with Crippen molar-refractivity contribution in [1.29, 1.82) is 0 Å². The lowest BCUT2D eigenvalue weighted by Crippen LogP contribution is -1.96. The topological polar surface area (TPSA) is 45.0 Å². The number of allylic oxidation sites excluding steroid dienone is 1. The molecule has 0 spiro atoms. The van der Waals surface area contributed by atoms with Crippen molar-refractivity contribution in [2.75, 3.05) is 0 Å². The van der Waals surface area contributed by atoms with E-state index < -0.39 is 0 Å². The zero-order valence-corrected chi connectivity index (χ0v) is 4.28. The molecule has 1 aliphatic rings. The molecule has 1 rings (SSSR count). The van der Waals surface area contributed by atoms with Crippen LogP contribution in [0.5, 0.6) is 0 Å². The maximum Gasteiger partial charge on any atom is 0.0864 e. The van der Waals surface area contributed by atoms with Crippen LogP contribution in [0.2, 0.25) is 0 Å². The van der Waals surface area contributed by atoms with Crippen LogP contribution in [0.3, 0.4) is 0 Å². The Kier molecular flexibility index (Phi) is 1.42. The van der Waals surface area contributed by atoms with Gasteiger partial charge >= 0.3 is 0 Å². The van der Waals surface area contributed by atoms with Crippen molar-refractivity contribution in [3.8, 4) is 0 Å². The first-order chi connectivity index (χ1) is 3.93. The molecular weight excluding hydrogens is 104 g/mol. The Labute approximate surface area is 47.0 Å². The average Bonchev–Trinajstić information content (AvgIpc) is 1.90. The largest absolute Gasteiger partial charge is 0.411 e. The van der Waals surface area contributed by atoms with E-state index in [4.69, 9.17) is 5.21 Å². The van der Waals surface area contributed by atoms with Gasteiger partial charge in [-0.25, -0.2) is 0 Å². The zero-order valence-electron chi connectivity index (χ0n) is 4.28. The van der Waals surface area contributed by atoms with E-state index in [0.29, 0.717) is 12.1 Å². The molecule has 1 N–H and O–H groups in total. The molecule has 0 bridgehead atoms. The van der Waals surface area contributed by atoms with Gasteiger partial charge in [0.2, 0.25) is 0 Å². The zero-order chi connectivity index (χ0) is 5.82. The van der Waals surface area contributed by atoms with Crippen molar-refractivity contribution in [3.63, 3.8) is 0 Å². The molecule has 42 valence electrons. The summed E-state index contributed by atoms with van der Waals surface area (Å²) < 4.78 is 0. The standard InChI is InChI=1S/C5H6N2O/c8-7-5-1-3-6-4-2-5/h1,3-4,8H,2H2/b7-5+. The summed E-state index contributed by atoms with van der Waals surface area (Å²) in [6.07, 6.45) is 5.58. The summed E-state index contributed by atoms with van der Waals surface area (Å²) in [6.45, 7) is 0. The van der Waals surface area contributed by atoms with Crippen LogP contribution in [0.25, 0.3) is 0 Å². The Morgan fingerprint density at radius 3 is 3.00 bits per heavy atom. The molecule has 0 aliphatic carbocycles. The summed E-state index contributed by atoms with van der Waals surface area (Å²) in [5.74, 6) is 0. The smallest absolute Gasteiger partial charge is 0.0864 e. The average molecular weight is 110 g/mol. The van der Waals surface area contributed by atoms with E-state index in [-0.39, 0.29) is 0 Å². The van der Waals surface area contributed by atoms with Crippen LogP contribution in [-0.2, 0) is 0 Å². The maximum atomic E-state index is 8.17. The van der Waals surface area contributed by atoms with Crippen LogP contribution in [0.1, 0.15) is 6.42 Å². The number of hydrogen-bond donors (Lipinski definition) is 1. The molecule has 3 nitrogen and oxygen atoms in total. The first-order valence-corrected chi connectivity index (χ1v) is 2.32. The minimum Gasteiger partial charge on any atom is -0.411 e. The molecule has 0 saturated carbocycles. The highest BCUT2D eigenvalue weighted by atomic mass is 16.4. The molecule has 0 aromatic heterocycles. The molecule has 0 aromatic rings. The van der Waals surface area contributed by atoms with E-state index in [0.717, 1.165) is 0 Å². The van der Waals surface area contributed by atoms with Gasteiger partial charge < -0.3 is 5.21 Å². The molecule has 0 fully saturated rings. The van der Waals surface area contributed by atoms with Gasteiger partial charge in [0.15, 0.2) is 0 Å². The van der Waals surface area contributed by atoms with Gasteiger partial charge in [-0.1, -0.05) is 5.16 Å². The van der Waals surface area contributed by atoms with Crippen molar-refractivity contribution >= 4 is 11.9 Å². The summed E-state index contributed by atoms with van der Waals surface area (Å²) >= 11 is 0. The summed E-state index contributed by atoms with van der Waals surface area (Å²) in [5, 5.41) is 11.2. The van der Waals surface area contributed by atoms with Crippen LogP contribution < -0.4 is 0 Å². The van der Waals surface area contributed by atoms with E-state index in [1.807, 2.05) is 0 Å². The van der Waals surface area contributed by atoms with Gasteiger partial charge in [-0.2, -0.15) is 0 Å². The molecule has 8 heavy (non-hydrogen) atoms. The van der Waals surface area contributed by atoms with Gasteiger partial charge in [0.25, 0.3) is 0 Å². The minimum absolute atomic E-state index is 0.632. The highest BCUT2D eigenvalue weighted by Gasteiger charge is 1.93. The van der Waals surface area contributed by atoms with Crippen LogP contribution in [0.4, 0.5) is 0 Å². The monoisotopic (exact) mass is 110 g/mol. The van der Waals surface area contributed by atoms with Gasteiger partial charge in [0.05, 0.1) is 5.71 Å². The number of rotatable bonds is 0. The highest BCUT2D eigenvalue weighted by Crippen LogP contribution is 1.92. The quantitative estimate of drug-likeness (QED) is 0.364. The summed E-state index contributed by atoms with van der Waals surface area (Å²) in [5.41, 5.74) is 0.653. The summed E-state index contributed by atoms with van der Waals surface area (Å²) in [6, 6.07) is 0. The second-order valence-electron chi connectivity index (χ2n) is 1.44. The van der Waals surface area contributed by atoms with Gasteiger partial charge in [-0.05, 0) is 6.08 Å². The molecule has 0 amide bonds. The summed E-state index contributed by atoms with van der Waals surface area (Å²) in [4.78, 5) is 3.78. The number of nitrogens with zero attached hydrogens (tertiary/aromatic N) is 2. The second-order valence-corrected chi connectivity index (χ2v) is 1.44. The Bertz CT molecular complexity index is 158. The van der Waals surface area contributed by atoms with E-state index in [1.165, 1.54) is 0 Å². The van der Waals surface area contributed by atoms with Crippen molar-refractivity contribution in [1.82, 2.24) is 0 Å². The Hall–Kier alpha value is -1.12. The second kappa shape index (κ2) is 2.26. The van der Waals surface area contributed by atoms with Gasteiger partial charge in [0, 0.05) is 18.8 Å². The third kappa shape index (κ3) is 0.932. The Morgan fingerprint density at radius 1 is 1.75 bits per heavy atom. The fourth-order valence-electron chi connectivity index (χ4n) is 0.478. The van der Waals surface area contributed by atoms with E-state index in [9.17, 15) is 0 Å². The minimum atomic E-state index is 0.632. The molecule has 3 heteroatoms. The van der Waals surface area contributed by atoms with Gasteiger partial charge in [0.1, 0.15) is 0 Å². The molecule has 0 atom stereocenters. The molecule has 1 heterocycles. The lowest BCUT2D eigenvalue weighted by Gasteiger charge is -1.93. The van der Waals surface area contributed by atoms with Crippen LogP contribution in [0, 0.1) is 0 Å². The van der Waals surface area contributed by atoms with Gasteiger partial charge in [-0.15, -0.1) is 0 Å². The lowest BCUT2D eigenvalue weighted by molar-refractivity contribution is 0.319. The predicted molar refractivity (Wildman–Crippen MR) is 31.5 cm³/mol. The normalized spacial score (nSPS) is 22.2. The van der Waals surface area contributed by atoms with Gasteiger partial charge in [-0.3, -0.25) is 4.99 Å². The van der Waals surface area contributed by atoms with Crippen molar-refractivity contribution in [2.45, 2.75) is 6.42 Å². The van der Waals surface area contributed by atoms with Crippen LogP contribution in [0.15, 0.2) is 22.4 Å². The highest BCUT2D eigenvalue weighted by molar-refractivity contribution is 6.04. The fourth-order valence-corrected chi connectivity index (χ4v) is 0.478. The predicted octanol–water partition coefficient (Wildman–Crippen LogP) is 0.805. The fraction of sp³-hybridized carbons (Fsp3) is 0.200. The number of oxime groups is 1. The SMILES string of the molecule is O/N=C1\C=CN=CC1. The molecule has 0 radical (unpaired) electrons. The lowest BCUT2D eigenvalue weighted by atomic mass is 10.2. The van der Waals surface area contributed by atoms with E-state index in [1.54, 1.807) is 18.5 Å². The molecule has 1 aliphatic heterocycles. The molecular formula is C5H6N2O. The van der Waals surface area contributed by atoms with Crippen LogP contribution >= 0.6 is 0 Å². The molecule has 0 aromatic carbocycles. The first kappa shape index (κ1) is 5.03. The van der Waals surface area contributed by atoms with E-state index >= 15 is 0 Å². The van der Waals surface area contributed by atoms with Crippen LogP contribution in [-0.4, -0.2) is 17.1 Å². The van der Waals surface area contributed by atoms with Crippen molar-refractivity contribution < 1.29 is 5.21 Å². The third-order valence-electron chi connectivity index (χ3n) is 0.887. The third-order valence-corrected chi connectivity index (χ3v) is 0.887. The molecule has 0 saturated heterocycles. The summed E-state index contributed by atoms with van der Waals surface area (Å²) in [7, 11) is 0. The maximum absolute atomic E-state index is 8.17. The number of aliphatic imine (C=N–C) groups is 1. The van der Waals surface area contributed by atoms with Crippen molar-refractivity contribution in [2.24, 2.45) is 10.1 Å². The Balaban J connectivity index is 2.66. The number of hydrogen-bond acceptors (Lipinski definition) is 3.